The summed E-state index contributed by atoms with van der Waals surface area (Å²) in [7, 11) is 1.63. The summed E-state index contributed by atoms with van der Waals surface area (Å²) in [6.45, 7) is 5.61. The Kier molecular flexibility index (Phi) is 8.72. The second kappa shape index (κ2) is 10.1. The maximum Gasteiger partial charge on any atom is 0.329 e. The van der Waals surface area contributed by atoms with Crippen molar-refractivity contribution < 1.29 is 28.8 Å². The van der Waals surface area contributed by atoms with Gasteiger partial charge in [0, 0.05) is 26.6 Å². The Labute approximate surface area is 119 Å². The minimum atomic E-state index is -0.958. The molecule has 1 saturated heterocycles. The maximum atomic E-state index is 10.5. The molecule has 118 valence electrons. The molecule has 2 atom stereocenters. The van der Waals surface area contributed by atoms with Crippen LogP contribution in [0.25, 0.3) is 0 Å². The molecular formula is C13H25NO6. The van der Waals surface area contributed by atoms with Crippen molar-refractivity contribution in [3.8, 4) is 0 Å². The number of rotatable bonds is 10. The topological polar surface area (TPSA) is 77.5 Å². The van der Waals surface area contributed by atoms with Crippen molar-refractivity contribution >= 4 is 5.97 Å². The molecule has 0 amide bonds. The molecule has 7 nitrogen and oxygen atoms in total. The van der Waals surface area contributed by atoms with Crippen molar-refractivity contribution in [2.45, 2.75) is 25.7 Å². The van der Waals surface area contributed by atoms with E-state index in [1.165, 1.54) is 0 Å². The molecule has 1 heterocycles. The highest BCUT2D eigenvalue weighted by Gasteiger charge is 2.24. The van der Waals surface area contributed by atoms with Gasteiger partial charge in [-0.2, -0.15) is 0 Å². The van der Waals surface area contributed by atoms with Crippen molar-refractivity contribution in [1.82, 2.24) is 4.90 Å². The number of nitrogens with zero attached hydrogens (tertiary/aromatic N) is 1. The van der Waals surface area contributed by atoms with Crippen molar-refractivity contribution in [1.29, 1.82) is 0 Å². The predicted octanol–water partition coefficient (Wildman–Crippen LogP) is 0.188. The minimum Gasteiger partial charge on any atom is -0.480 e. The van der Waals surface area contributed by atoms with Crippen LogP contribution >= 0.6 is 0 Å². The number of aliphatic carboxylic acids is 1. The van der Waals surface area contributed by atoms with Crippen molar-refractivity contribution in [3.05, 3.63) is 0 Å². The van der Waals surface area contributed by atoms with Gasteiger partial charge >= 0.3 is 5.97 Å². The second-order valence-corrected chi connectivity index (χ2v) is 4.72. The molecule has 0 spiro atoms. The Morgan fingerprint density at radius 2 is 2.00 bits per heavy atom. The zero-order chi connectivity index (χ0) is 14.8. The molecule has 0 aromatic carbocycles. The van der Waals surface area contributed by atoms with Gasteiger partial charge in [0.15, 0.2) is 0 Å². The fourth-order valence-electron chi connectivity index (χ4n) is 2.02. The molecule has 0 bridgehead atoms. The molecule has 0 aromatic heterocycles. The van der Waals surface area contributed by atoms with Crippen LogP contribution in [0.5, 0.6) is 0 Å². The fourth-order valence-corrected chi connectivity index (χ4v) is 2.02. The lowest BCUT2D eigenvalue weighted by Gasteiger charge is -2.35. The van der Waals surface area contributed by atoms with E-state index in [1.807, 2.05) is 6.92 Å². The number of carboxylic acids is 1. The molecule has 1 N–H and O–H groups in total. The van der Waals surface area contributed by atoms with E-state index < -0.39 is 5.97 Å². The van der Waals surface area contributed by atoms with Crippen molar-refractivity contribution in [2.75, 3.05) is 53.2 Å². The summed E-state index contributed by atoms with van der Waals surface area (Å²) in [5, 5.41) is 8.62. The quantitative estimate of drug-likeness (QED) is 0.576. The molecule has 1 aliphatic heterocycles. The van der Waals surface area contributed by atoms with Gasteiger partial charge in [-0.05, 0) is 6.92 Å². The number of morpholine rings is 1. The summed E-state index contributed by atoms with van der Waals surface area (Å²) in [6, 6.07) is 0. The zero-order valence-corrected chi connectivity index (χ0v) is 12.2. The van der Waals surface area contributed by atoms with Gasteiger partial charge in [0.1, 0.15) is 12.8 Å². The van der Waals surface area contributed by atoms with E-state index in [1.54, 1.807) is 7.11 Å². The van der Waals surface area contributed by atoms with Gasteiger partial charge in [0.25, 0.3) is 0 Å². The zero-order valence-electron chi connectivity index (χ0n) is 12.2. The monoisotopic (exact) mass is 291 g/mol. The van der Waals surface area contributed by atoms with Crippen LogP contribution in [0.3, 0.4) is 0 Å². The molecule has 1 aliphatic rings. The van der Waals surface area contributed by atoms with Crippen LogP contribution < -0.4 is 0 Å². The standard InChI is InChI=1S/C13H25NO6/c1-11(20-10-13(15)16)9-12(19-8-7-17-2)14-3-5-18-6-4-14/h11-12H,3-10H2,1-2H3,(H,15,16). The first-order chi connectivity index (χ1) is 9.63. The van der Waals surface area contributed by atoms with Crippen LogP contribution in [-0.2, 0) is 23.7 Å². The highest BCUT2D eigenvalue weighted by atomic mass is 16.5. The van der Waals surface area contributed by atoms with Crippen LogP contribution in [0.4, 0.5) is 0 Å². The van der Waals surface area contributed by atoms with Gasteiger partial charge in [-0.15, -0.1) is 0 Å². The highest BCUT2D eigenvalue weighted by molar-refractivity contribution is 5.68. The van der Waals surface area contributed by atoms with Gasteiger partial charge in [0.2, 0.25) is 0 Å². The lowest BCUT2D eigenvalue weighted by atomic mass is 10.2. The number of ether oxygens (including phenoxy) is 4. The SMILES string of the molecule is COCCOC(CC(C)OCC(=O)O)N1CCOCC1. The summed E-state index contributed by atoms with van der Waals surface area (Å²) >= 11 is 0. The first-order valence-electron chi connectivity index (χ1n) is 6.89. The predicted molar refractivity (Wildman–Crippen MR) is 71.7 cm³/mol. The summed E-state index contributed by atoms with van der Waals surface area (Å²) in [6.07, 6.45) is 0.344. The molecule has 20 heavy (non-hydrogen) atoms. The van der Waals surface area contributed by atoms with E-state index >= 15 is 0 Å². The average molecular weight is 291 g/mol. The second-order valence-electron chi connectivity index (χ2n) is 4.72. The van der Waals surface area contributed by atoms with E-state index in [0.29, 0.717) is 32.8 Å². The normalized spacial score (nSPS) is 19.7. The number of carbonyl (C=O) groups is 1. The van der Waals surface area contributed by atoms with Crippen LogP contribution in [0.15, 0.2) is 0 Å². The number of hydrogen-bond acceptors (Lipinski definition) is 6. The van der Waals surface area contributed by atoms with Crippen LogP contribution in [0.1, 0.15) is 13.3 Å². The summed E-state index contributed by atoms with van der Waals surface area (Å²) in [4.78, 5) is 12.7. The van der Waals surface area contributed by atoms with Gasteiger partial charge in [0.05, 0.1) is 32.5 Å². The minimum absolute atomic E-state index is 0.0992. The number of carboxylic acid groups (broad SMARTS) is 1. The third-order valence-corrected chi connectivity index (χ3v) is 3.08. The summed E-state index contributed by atoms with van der Waals surface area (Å²) in [5.74, 6) is -0.958. The third kappa shape index (κ3) is 7.16. The smallest absolute Gasteiger partial charge is 0.329 e. The highest BCUT2D eigenvalue weighted by Crippen LogP contribution is 2.13. The van der Waals surface area contributed by atoms with Crippen LogP contribution in [0, 0.1) is 0 Å². The van der Waals surface area contributed by atoms with Gasteiger partial charge in [-0.25, -0.2) is 4.79 Å². The Bertz CT molecular complexity index is 270. The molecule has 1 fully saturated rings. The summed E-state index contributed by atoms with van der Waals surface area (Å²) in [5.41, 5.74) is 0. The van der Waals surface area contributed by atoms with E-state index in [2.05, 4.69) is 4.90 Å². The lowest BCUT2D eigenvalue weighted by Crippen LogP contribution is -2.46. The van der Waals surface area contributed by atoms with E-state index in [4.69, 9.17) is 24.1 Å². The number of methoxy groups -OCH3 is 1. The number of hydrogen-bond donors (Lipinski definition) is 1. The van der Waals surface area contributed by atoms with Gasteiger partial charge in [-0.3, -0.25) is 4.90 Å². The molecule has 0 saturated carbocycles. The molecule has 2 unspecified atom stereocenters. The van der Waals surface area contributed by atoms with E-state index in [9.17, 15) is 4.79 Å². The van der Waals surface area contributed by atoms with Gasteiger partial charge in [-0.1, -0.05) is 0 Å². The van der Waals surface area contributed by atoms with Crippen LogP contribution in [-0.4, -0.2) is 81.5 Å². The Morgan fingerprint density at radius 3 is 2.60 bits per heavy atom. The van der Waals surface area contributed by atoms with Crippen LogP contribution in [0.2, 0.25) is 0 Å². The Hall–Kier alpha value is -0.730. The Balaban J connectivity index is 2.41. The third-order valence-electron chi connectivity index (χ3n) is 3.08. The fraction of sp³-hybridized carbons (Fsp3) is 0.923. The Morgan fingerprint density at radius 1 is 1.30 bits per heavy atom. The van der Waals surface area contributed by atoms with Crippen molar-refractivity contribution in [3.63, 3.8) is 0 Å². The molecule has 0 aromatic rings. The molecule has 1 rings (SSSR count). The largest absolute Gasteiger partial charge is 0.480 e. The average Bonchev–Trinajstić information content (AvgIpc) is 2.45. The summed E-state index contributed by atoms with van der Waals surface area (Å²) < 4.78 is 21.4. The molecule has 7 heteroatoms. The molecule has 0 aliphatic carbocycles. The van der Waals surface area contributed by atoms with E-state index in [-0.39, 0.29) is 18.9 Å². The van der Waals surface area contributed by atoms with Crippen molar-refractivity contribution in [2.24, 2.45) is 0 Å². The van der Waals surface area contributed by atoms with Gasteiger partial charge < -0.3 is 24.1 Å². The first kappa shape index (κ1) is 17.3. The molecule has 0 radical (unpaired) electrons. The molecular weight excluding hydrogens is 266 g/mol. The lowest BCUT2D eigenvalue weighted by molar-refractivity contribution is -0.148. The first-order valence-corrected chi connectivity index (χ1v) is 6.89. The maximum absolute atomic E-state index is 10.5. The van der Waals surface area contributed by atoms with E-state index in [0.717, 1.165) is 13.1 Å².